The molecule has 0 aromatic heterocycles. The Morgan fingerprint density at radius 3 is 2.68 bits per heavy atom. The van der Waals surface area contributed by atoms with Gasteiger partial charge in [-0.3, -0.25) is 9.59 Å². The lowest BCUT2D eigenvalue weighted by atomic mass is 10.1. The van der Waals surface area contributed by atoms with Gasteiger partial charge < -0.3 is 24.3 Å². The minimum atomic E-state index is -0.688. The first kappa shape index (κ1) is 19.2. The zero-order valence-corrected chi connectivity index (χ0v) is 15.2. The van der Waals surface area contributed by atoms with Crippen molar-refractivity contribution in [1.29, 1.82) is 0 Å². The van der Waals surface area contributed by atoms with Crippen LogP contribution in [-0.4, -0.2) is 37.7 Å². The number of Topliss-reactive ketones (excluding diaryl/α,β-unsaturated/α-hetero) is 1. The van der Waals surface area contributed by atoms with Crippen LogP contribution in [-0.2, 0) is 20.9 Å². The summed E-state index contributed by atoms with van der Waals surface area (Å²) < 4.78 is 20.6. The van der Waals surface area contributed by atoms with Crippen molar-refractivity contribution in [2.24, 2.45) is 0 Å². The predicted octanol–water partition coefficient (Wildman–Crippen LogP) is 1.86. The van der Waals surface area contributed by atoms with Crippen LogP contribution in [0.25, 0.3) is 0 Å². The van der Waals surface area contributed by atoms with Gasteiger partial charge >= 0.3 is 5.97 Å². The molecule has 0 atom stereocenters. The second-order valence-electron chi connectivity index (χ2n) is 6.00. The summed E-state index contributed by atoms with van der Waals surface area (Å²) in [7, 11) is 0. The molecule has 0 fully saturated rings. The van der Waals surface area contributed by atoms with E-state index in [9.17, 15) is 14.4 Å². The maximum atomic E-state index is 11.8. The molecule has 1 N–H and O–H groups in total. The topological polar surface area (TPSA) is 100 Å². The van der Waals surface area contributed by atoms with Gasteiger partial charge in [0.25, 0.3) is 5.91 Å². The summed E-state index contributed by atoms with van der Waals surface area (Å²) in [5, 5.41) is 2.65. The van der Waals surface area contributed by atoms with Gasteiger partial charge in [-0.05, 0) is 36.8 Å². The molecule has 1 aliphatic heterocycles. The molecule has 0 unspecified atom stereocenters. The van der Waals surface area contributed by atoms with Crippen molar-refractivity contribution in [1.82, 2.24) is 5.32 Å². The highest BCUT2D eigenvalue weighted by atomic mass is 16.7. The third kappa shape index (κ3) is 5.23. The van der Waals surface area contributed by atoms with Crippen LogP contribution in [0.3, 0.4) is 0 Å². The van der Waals surface area contributed by atoms with Crippen molar-refractivity contribution in [3.05, 3.63) is 53.6 Å². The van der Waals surface area contributed by atoms with Gasteiger partial charge in [-0.25, -0.2) is 4.79 Å². The third-order valence-corrected chi connectivity index (χ3v) is 3.89. The Kier molecular flexibility index (Phi) is 6.11. The number of carbonyl (C=O) groups excluding carboxylic acids is 3. The second kappa shape index (κ2) is 8.90. The van der Waals surface area contributed by atoms with Crippen molar-refractivity contribution in [3.8, 4) is 17.2 Å². The summed E-state index contributed by atoms with van der Waals surface area (Å²) in [5.41, 5.74) is 1.31. The van der Waals surface area contributed by atoms with E-state index in [2.05, 4.69) is 5.32 Å². The lowest BCUT2D eigenvalue weighted by Gasteiger charge is -2.09. The number of benzene rings is 2. The zero-order valence-electron chi connectivity index (χ0n) is 15.2. The Morgan fingerprint density at radius 2 is 1.86 bits per heavy atom. The lowest BCUT2D eigenvalue weighted by molar-refractivity contribution is -0.150. The van der Waals surface area contributed by atoms with Crippen LogP contribution >= 0.6 is 0 Å². The number of ether oxygens (including phenoxy) is 4. The molecular formula is C20H19NO7. The first-order valence-electron chi connectivity index (χ1n) is 8.56. The van der Waals surface area contributed by atoms with Gasteiger partial charge in [0.1, 0.15) is 5.75 Å². The third-order valence-electron chi connectivity index (χ3n) is 3.89. The number of esters is 1. The first-order valence-corrected chi connectivity index (χ1v) is 8.56. The smallest absolute Gasteiger partial charge is 0.344 e. The van der Waals surface area contributed by atoms with Gasteiger partial charge in [0, 0.05) is 12.1 Å². The van der Waals surface area contributed by atoms with Crippen LogP contribution < -0.4 is 19.5 Å². The van der Waals surface area contributed by atoms with E-state index in [0.717, 1.165) is 5.56 Å². The fourth-order valence-corrected chi connectivity index (χ4v) is 2.44. The Balaban J connectivity index is 1.37. The van der Waals surface area contributed by atoms with E-state index in [0.29, 0.717) is 22.8 Å². The van der Waals surface area contributed by atoms with Gasteiger partial charge in [-0.2, -0.15) is 0 Å². The highest BCUT2D eigenvalue weighted by Gasteiger charge is 2.14. The molecule has 8 heteroatoms. The molecule has 1 aliphatic rings. The summed E-state index contributed by atoms with van der Waals surface area (Å²) in [5.74, 6) is 0.433. The molecular weight excluding hydrogens is 366 g/mol. The fourth-order valence-electron chi connectivity index (χ4n) is 2.44. The van der Waals surface area contributed by atoms with Gasteiger partial charge in [0.15, 0.2) is 30.5 Å². The molecule has 0 saturated heterocycles. The molecule has 1 amide bonds. The maximum Gasteiger partial charge on any atom is 0.344 e. The molecule has 146 valence electrons. The number of fused-ring (bicyclic) bond motifs is 1. The molecule has 0 bridgehead atoms. The van der Waals surface area contributed by atoms with Crippen molar-refractivity contribution in [2.75, 3.05) is 20.0 Å². The van der Waals surface area contributed by atoms with Gasteiger partial charge in [-0.15, -0.1) is 0 Å². The van der Waals surface area contributed by atoms with E-state index in [1.165, 1.54) is 13.0 Å². The number of nitrogens with one attached hydrogen (secondary N) is 1. The number of hydrogen-bond acceptors (Lipinski definition) is 7. The normalized spacial score (nSPS) is 11.6. The largest absolute Gasteiger partial charge is 0.482 e. The second-order valence-corrected chi connectivity index (χ2v) is 6.00. The van der Waals surface area contributed by atoms with Crippen LogP contribution in [0.15, 0.2) is 42.5 Å². The van der Waals surface area contributed by atoms with E-state index in [1.54, 1.807) is 30.3 Å². The average Bonchev–Trinajstić information content (AvgIpc) is 3.17. The van der Waals surface area contributed by atoms with Crippen molar-refractivity contribution in [3.63, 3.8) is 0 Å². The summed E-state index contributed by atoms with van der Waals surface area (Å²) >= 11 is 0. The van der Waals surface area contributed by atoms with E-state index in [4.69, 9.17) is 18.9 Å². The Hall–Kier alpha value is -3.55. The highest BCUT2D eigenvalue weighted by molar-refractivity contribution is 5.94. The fraction of sp³-hybridized carbons (Fsp3) is 0.250. The highest BCUT2D eigenvalue weighted by Crippen LogP contribution is 2.32. The minimum Gasteiger partial charge on any atom is -0.482 e. The molecule has 0 radical (unpaired) electrons. The summed E-state index contributed by atoms with van der Waals surface area (Å²) in [4.78, 5) is 34.9. The summed E-state index contributed by atoms with van der Waals surface area (Å²) in [6.45, 7) is 1.11. The Labute approximate surface area is 161 Å². The standard InChI is InChI=1S/C20H19NO7/c1-13(22)15-3-2-4-16(8-15)25-11-20(24)26-10-19(23)21-9-14-5-6-17-18(7-14)28-12-27-17/h2-8H,9-12H2,1H3,(H,21,23). The molecule has 2 aromatic rings. The quantitative estimate of drug-likeness (QED) is 0.547. The maximum absolute atomic E-state index is 11.8. The number of rotatable bonds is 8. The molecule has 0 saturated carbocycles. The van der Waals surface area contributed by atoms with Crippen LogP contribution in [0.4, 0.5) is 0 Å². The van der Waals surface area contributed by atoms with Crippen molar-refractivity contribution >= 4 is 17.7 Å². The van der Waals surface area contributed by atoms with Crippen LogP contribution in [0, 0.1) is 0 Å². The molecule has 1 heterocycles. The summed E-state index contributed by atoms with van der Waals surface area (Å²) in [6.07, 6.45) is 0. The Bertz CT molecular complexity index is 894. The van der Waals surface area contributed by atoms with Crippen LogP contribution in [0.1, 0.15) is 22.8 Å². The number of ketones is 1. The number of carbonyl (C=O) groups is 3. The van der Waals surface area contributed by atoms with Gasteiger partial charge in [-0.1, -0.05) is 18.2 Å². The molecule has 8 nitrogen and oxygen atoms in total. The number of hydrogen-bond donors (Lipinski definition) is 1. The van der Waals surface area contributed by atoms with E-state index in [1.807, 2.05) is 6.07 Å². The van der Waals surface area contributed by atoms with Gasteiger partial charge in [0.2, 0.25) is 6.79 Å². The van der Waals surface area contributed by atoms with E-state index < -0.39 is 18.5 Å². The molecule has 0 aliphatic carbocycles. The van der Waals surface area contributed by atoms with E-state index in [-0.39, 0.29) is 25.7 Å². The lowest BCUT2D eigenvalue weighted by Crippen LogP contribution is -2.29. The SMILES string of the molecule is CC(=O)c1cccc(OCC(=O)OCC(=O)NCc2ccc3c(c2)OCO3)c1. The zero-order chi connectivity index (χ0) is 19.9. The molecule has 0 spiro atoms. The predicted molar refractivity (Wildman–Crippen MR) is 97.3 cm³/mol. The first-order chi connectivity index (χ1) is 13.5. The molecule has 2 aromatic carbocycles. The summed E-state index contributed by atoms with van der Waals surface area (Å²) in [6, 6.07) is 11.8. The van der Waals surface area contributed by atoms with Gasteiger partial charge in [0.05, 0.1) is 0 Å². The monoisotopic (exact) mass is 385 g/mol. The van der Waals surface area contributed by atoms with Crippen LogP contribution in [0.5, 0.6) is 17.2 Å². The van der Waals surface area contributed by atoms with Crippen LogP contribution in [0.2, 0.25) is 0 Å². The van der Waals surface area contributed by atoms with E-state index >= 15 is 0 Å². The molecule has 3 rings (SSSR count). The Morgan fingerprint density at radius 1 is 1.04 bits per heavy atom. The van der Waals surface area contributed by atoms with Crippen molar-refractivity contribution in [2.45, 2.75) is 13.5 Å². The number of amides is 1. The minimum absolute atomic E-state index is 0.104. The average molecular weight is 385 g/mol. The van der Waals surface area contributed by atoms with Crippen molar-refractivity contribution < 1.29 is 33.3 Å². The molecule has 28 heavy (non-hydrogen) atoms.